The molecule has 0 N–H and O–H groups in total. The van der Waals surface area contributed by atoms with Crippen molar-refractivity contribution >= 4 is 11.3 Å². The average Bonchev–Trinajstić information content (AvgIpc) is 2.46. The lowest BCUT2D eigenvalue weighted by atomic mass is 10.2. The van der Waals surface area contributed by atoms with E-state index < -0.39 is 0 Å². The Morgan fingerprint density at radius 3 is 2.67 bits per heavy atom. The Hall–Kier alpha value is -0.300. The van der Waals surface area contributed by atoms with Gasteiger partial charge in [-0.05, 0) is 42.7 Å². The van der Waals surface area contributed by atoms with Gasteiger partial charge in [0.25, 0.3) is 0 Å². The third-order valence-corrected chi connectivity index (χ3v) is 3.21. The summed E-state index contributed by atoms with van der Waals surface area (Å²) in [6, 6.07) is 2.30. The van der Waals surface area contributed by atoms with Gasteiger partial charge in [0.05, 0.1) is 0 Å². The number of hydrogen-bond acceptors (Lipinski definition) is 1. The first-order valence-corrected chi connectivity index (χ1v) is 5.90. The molecule has 0 radical (unpaired) electrons. The van der Waals surface area contributed by atoms with Crippen LogP contribution in [0.2, 0.25) is 0 Å². The predicted molar refractivity (Wildman–Crippen MR) is 56.9 cm³/mol. The lowest BCUT2D eigenvalue weighted by Gasteiger charge is -1.92. The minimum atomic E-state index is 1.33. The van der Waals surface area contributed by atoms with E-state index in [4.69, 9.17) is 0 Å². The Morgan fingerprint density at radius 1 is 1.08 bits per heavy atom. The van der Waals surface area contributed by atoms with Gasteiger partial charge in [-0.2, -0.15) is 0 Å². The molecule has 0 aliphatic heterocycles. The number of fused-ring (bicyclic) bond motifs is 1. The first kappa shape index (κ1) is 9.79. The van der Waals surface area contributed by atoms with Gasteiger partial charge in [-0.25, -0.2) is 0 Å². The van der Waals surface area contributed by atoms with E-state index in [0.29, 0.717) is 0 Å². The van der Waals surface area contributed by atoms with E-state index in [0.717, 1.165) is 0 Å². The van der Waals surface area contributed by atoms with Gasteiger partial charge in [-0.3, -0.25) is 0 Å². The molecule has 0 aromatic carbocycles. The van der Waals surface area contributed by atoms with Crippen molar-refractivity contribution in [1.29, 1.82) is 0 Å². The number of rotatable bonds is 0. The molecule has 0 unspecified atom stereocenters. The number of aryl methyl sites for hydroxylation is 2. The van der Waals surface area contributed by atoms with Crippen LogP contribution in [0.5, 0.6) is 0 Å². The van der Waals surface area contributed by atoms with E-state index in [-0.39, 0.29) is 0 Å². The average molecular weight is 182 g/mol. The highest BCUT2D eigenvalue weighted by Gasteiger charge is 2.07. The highest BCUT2D eigenvalue weighted by atomic mass is 32.1. The topological polar surface area (TPSA) is 0 Å². The van der Waals surface area contributed by atoms with Crippen LogP contribution in [0, 0.1) is 0 Å². The third-order valence-electron chi connectivity index (χ3n) is 2.19. The fourth-order valence-electron chi connectivity index (χ4n) is 1.59. The molecule has 0 saturated carbocycles. The van der Waals surface area contributed by atoms with E-state index in [1.807, 2.05) is 25.2 Å². The van der Waals surface area contributed by atoms with Crippen LogP contribution in [0.25, 0.3) is 0 Å². The largest absolute Gasteiger partial charge is 0.149 e. The highest BCUT2D eigenvalue weighted by molar-refractivity contribution is 7.10. The molecule has 1 aromatic heterocycles. The fraction of sp³-hybridized carbons (Fsp3) is 0.636. The van der Waals surface area contributed by atoms with Gasteiger partial charge in [-0.15, -0.1) is 11.3 Å². The second kappa shape index (κ2) is 5.36. The van der Waals surface area contributed by atoms with E-state index in [1.165, 1.54) is 32.1 Å². The summed E-state index contributed by atoms with van der Waals surface area (Å²) in [5, 5.41) is 2.23. The van der Waals surface area contributed by atoms with Gasteiger partial charge in [0, 0.05) is 4.88 Å². The maximum absolute atomic E-state index is 2.30. The van der Waals surface area contributed by atoms with Crippen molar-refractivity contribution in [1.82, 2.24) is 0 Å². The van der Waals surface area contributed by atoms with Crippen molar-refractivity contribution in [3.05, 3.63) is 21.9 Å². The Bertz CT molecular complexity index is 192. The van der Waals surface area contributed by atoms with E-state index >= 15 is 0 Å². The Kier molecular flexibility index (Phi) is 4.37. The molecular weight excluding hydrogens is 164 g/mol. The first-order valence-electron chi connectivity index (χ1n) is 5.02. The smallest absolute Gasteiger partial charge is 0.00772 e. The van der Waals surface area contributed by atoms with Crippen LogP contribution >= 0.6 is 11.3 Å². The zero-order valence-corrected chi connectivity index (χ0v) is 8.91. The molecule has 0 atom stereocenters. The van der Waals surface area contributed by atoms with E-state index in [9.17, 15) is 0 Å². The van der Waals surface area contributed by atoms with Crippen LogP contribution in [0.3, 0.4) is 0 Å². The van der Waals surface area contributed by atoms with Crippen molar-refractivity contribution in [3.63, 3.8) is 0 Å². The second-order valence-electron chi connectivity index (χ2n) is 2.93. The SMILES string of the molecule is CC.c1cc2c(s1)CCCCC2. The Morgan fingerprint density at radius 2 is 1.83 bits per heavy atom. The fourth-order valence-corrected chi connectivity index (χ4v) is 2.57. The van der Waals surface area contributed by atoms with Crippen molar-refractivity contribution in [2.75, 3.05) is 0 Å². The zero-order chi connectivity index (χ0) is 8.81. The zero-order valence-electron chi connectivity index (χ0n) is 8.10. The van der Waals surface area contributed by atoms with Gasteiger partial charge >= 0.3 is 0 Å². The molecule has 0 fully saturated rings. The summed E-state index contributed by atoms with van der Waals surface area (Å²) >= 11 is 1.94. The summed E-state index contributed by atoms with van der Waals surface area (Å²) in [5.41, 5.74) is 1.63. The first-order chi connectivity index (χ1) is 5.97. The van der Waals surface area contributed by atoms with Crippen LogP contribution < -0.4 is 0 Å². The van der Waals surface area contributed by atoms with E-state index in [1.54, 1.807) is 10.4 Å². The van der Waals surface area contributed by atoms with Crippen LogP contribution in [-0.4, -0.2) is 0 Å². The number of hydrogen-bond donors (Lipinski definition) is 0. The highest BCUT2D eigenvalue weighted by Crippen LogP contribution is 2.24. The summed E-state index contributed by atoms with van der Waals surface area (Å²) in [7, 11) is 0. The number of thiophene rings is 1. The summed E-state index contributed by atoms with van der Waals surface area (Å²) < 4.78 is 0. The van der Waals surface area contributed by atoms with Gasteiger partial charge in [0.1, 0.15) is 0 Å². The molecule has 0 bridgehead atoms. The van der Waals surface area contributed by atoms with Crippen LogP contribution in [0.1, 0.15) is 43.6 Å². The van der Waals surface area contributed by atoms with Gasteiger partial charge < -0.3 is 0 Å². The summed E-state index contributed by atoms with van der Waals surface area (Å²) in [4.78, 5) is 1.65. The minimum absolute atomic E-state index is 1.33. The molecule has 12 heavy (non-hydrogen) atoms. The molecule has 0 spiro atoms. The molecule has 68 valence electrons. The van der Waals surface area contributed by atoms with Gasteiger partial charge in [0.2, 0.25) is 0 Å². The molecule has 0 saturated heterocycles. The van der Waals surface area contributed by atoms with Gasteiger partial charge in [0.15, 0.2) is 0 Å². The Labute approximate surface area is 79.6 Å². The molecule has 0 nitrogen and oxygen atoms in total. The molecule has 1 heteroatoms. The molecule has 1 aliphatic rings. The quantitative estimate of drug-likeness (QED) is 0.531. The van der Waals surface area contributed by atoms with Crippen LogP contribution in [-0.2, 0) is 12.8 Å². The maximum atomic E-state index is 2.30. The van der Waals surface area contributed by atoms with Crippen molar-refractivity contribution in [2.24, 2.45) is 0 Å². The van der Waals surface area contributed by atoms with E-state index in [2.05, 4.69) is 11.4 Å². The molecule has 2 rings (SSSR count). The molecule has 1 aliphatic carbocycles. The third kappa shape index (κ3) is 2.34. The summed E-state index contributed by atoms with van der Waals surface area (Å²) in [5.74, 6) is 0. The maximum Gasteiger partial charge on any atom is 0.00772 e. The second-order valence-corrected chi connectivity index (χ2v) is 3.93. The normalized spacial score (nSPS) is 15.5. The summed E-state index contributed by atoms with van der Waals surface area (Å²) in [6.45, 7) is 4.00. The molecular formula is C11H18S. The lowest BCUT2D eigenvalue weighted by molar-refractivity contribution is 0.712. The summed E-state index contributed by atoms with van der Waals surface area (Å²) in [6.07, 6.45) is 6.92. The molecule has 0 amide bonds. The monoisotopic (exact) mass is 182 g/mol. The minimum Gasteiger partial charge on any atom is -0.149 e. The lowest BCUT2D eigenvalue weighted by Crippen LogP contribution is -1.80. The predicted octanol–water partition coefficient (Wildman–Crippen LogP) is 4.04. The van der Waals surface area contributed by atoms with Crippen molar-refractivity contribution < 1.29 is 0 Å². The van der Waals surface area contributed by atoms with Crippen LogP contribution in [0.15, 0.2) is 11.4 Å². The molecule has 1 aromatic rings. The van der Waals surface area contributed by atoms with Crippen LogP contribution in [0.4, 0.5) is 0 Å². The van der Waals surface area contributed by atoms with Gasteiger partial charge in [-0.1, -0.05) is 20.3 Å². The molecule has 1 heterocycles. The van der Waals surface area contributed by atoms with Crippen molar-refractivity contribution in [2.45, 2.75) is 46.0 Å². The Balaban J connectivity index is 0.000000336. The van der Waals surface area contributed by atoms with Crippen molar-refractivity contribution in [3.8, 4) is 0 Å². The standard InChI is InChI=1S/C9H12S.C2H6/c1-2-4-8-6-7-10-9(8)5-3-1;1-2/h6-7H,1-5H2;1-2H3.